The lowest BCUT2D eigenvalue weighted by Crippen LogP contribution is -2.16. The second kappa shape index (κ2) is 9.91. The molecule has 1 amide bonds. The van der Waals surface area contributed by atoms with E-state index in [9.17, 15) is 9.59 Å². The first-order valence-corrected chi connectivity index (χ1v) is 10.6. The molecule has 2 aromatic heterocycles. The minimum Gasteiger partial charge on any atom is -0.481 e. The van der Waals surface area contributed by atoms with Gasteiger partial charge in [-0.1, -0.05) is 17.2 Å². The van der Waals surface area contributed by atoms with Crippen LogP contribution in [-0.2, 0) is 4.79 Å². The number of hydrogen-bond acceptors (Lipinski definition) is 8. The summed E-state index contributed by atoms with van der Waals surface area (Å²) in [5.41, 5.74) is 2.20. The van der Waals surface area contributed by atoms with Gasteiger partial charge in [-0.25, -0.2) is 4.98 Å². The molecule has 0 spiro atoms. The number of hydrogen-bond donors (Lipinski definition) is 3. The zero-order chi connectivity index (χ0) is 23.2. The van der Waals surface area contributed by atoms with Crippen LogP contribution >= 0.6 is 0 Å². The lowest BCUT2D eigenvalue weighted by Gasteiger charge is -2.28. The highest BCUT2D eigenvalue weighted by atomic mass is 16.4. The minimum absolute atomic E-state index is 0.00575. The summed E-state index contributed by atoms with van der Waals surface area (Å²) in [6, 6.07) is 12.8. The average Bonchev–Trinajstić information content (AvgIpc) is 3.29. The Kier molecular flexibility index (Phi) is 6.59. The Morgan fingerprint density at radius 2 is 1.85 bits per heavy atom. The molecule has 0 radical (unpaired) electrons. The maximum absolute atomic E-state index is 12.4. The van der Waals surface area contributed by atoms with Gasteiger partial charge in [-0.2, -0.15) is 5.26 Å². The van der Waals surface area contributed by atoms with Crippen LogP contribution in [0.5, 0.6) is 0 Å². The van der Waals surface area contributed by atoms with E-state index in [-0.39, 0.29) is 24.2 Å². The first-order valence-electron chi connectivity index (χ1n) is 10.6. The molecule has 0 unspecified atom stereocenters. The van der Waals surface area contributed by atoms with Gasteiger partial charge in [-0.3, -0.25) is 14.9 Å². The predicted molar refractivity (Wildman–Crippen MR) is 118 cm³/mol. The van der Waals surface area contributed by atoms with Crippen molar-refractivity contribution in [1.29, 1.82) is 5.26 Å². The molecule has 0 atom stereocenters. The van der Waals surface area contributed by atoms with Crippen molar-refractivity contribution in [2.45, 2.75) is 38.0 Å². The molecule has 3 aromatic rings. The summed E-state index contributed by atoms with van der Waals surface area (Å²) in [6.45, 7) is 0. The maximum Gasteiger partial charge on any atom is 0.321 e. The van der Waals surface area contributed by atoms with Gasteiger partial charge in [0.15, 0.2) is 0 Å². The number of carbonyl (C=O) groups excluding carboxylic acids is 1. The lowest BCUT2D eigenvalue weighted by molar-refractivity contribution is -0.138. The summed E-state index contributed by atoms with van der Waals surface area (Å²) in [5.74, 6) is -0.401. The van der Waals surface area contributed by atoms with E-state index in [1.807, 2.05) is 30.3 Å². The molecule has 10 nitrogen and oxygen atoms in total. The Bertz CT molecular complexity index is 1160. The summed E-state index contributed by atoms with van der Waals surface area (Å²) in [4.78, 5) is 27.4. The number of nitrogens with one attached hydrogen (secondary N) is 2. The standard InChI is InChI=1S/C23H22N6O4/c24-12-15-3-10-19(25-13-15)27-23-29-28-22(33-23)21(32)26-18-8-6-17(7-9-18)16-4-1-14(2-5-16)11-20(30)31/h3,6-10,13-14,16H,1-2,4-5,11H2,(H,26,32)(H,30,31)(H,25,27,29)/t14-,16-. The van der Waals surface area contributed by atoms with Crippen LogP contribution in [0.2, 0.25) is 0 Å². The third-order valence-corrected chi connectivity index (χ3v) is 5.70. The van der Waals surface area contributed by atoms with Gasteiger partial charge in [0.05, 0.1) is 5.56 Å². The molecule has 1 aliphatic carbocycles. The molecule has 0 aliphatic heterocycles. The predicted octanol–water partition coefficient (Wildman–Crippen LogP) is 4.08. The molecule has 2 heterocycles. The Hall–Kier alpha value is -4.26. The number of benzene rings is 1. The van der Waals surface area contributed by atoms with Crippen molar-refractivity contribution >= 4 is 29.4 Å². The first kappa shape index (κ1) is 22.0. The van der Waals surface area contributed by atoms with Crippen molar-refractivity contribution in [3.63, 3.8) is 0 Å². The Labute approximate surface area is 189 Å². The summed E-state index contributed by atoms with van der Waals surface area (Å²) in [5, 5.41) is 30.8. The number of carbonyl (C=O) groups is 2. The van der Waals surface area contributed by atoms with Crippen LogP contribution < -0.4 is 10.6 Å². The quantitative estimate of drug-likeness (QED) is 0.487. The summed E-state index contributed by atoms with van der Waals surface area (Å²) < 4.78 is 5.34. The summed E-state index contributed by atoms with van der Waals surface area (Å²) in [7, 11) is 0. The number of nitriles is 1. The number of amides is 1. The molecule has 10 heteroatoms. The zero-order valence-corrected chi connectivity index (χ0v) is 17.7. The number of carboxylic acids is 1. The maximum atomic E-state index is 12.4. The molecule has 1 fully saturated rings. The summed E-state index contributed by atoms with van der Waals surface area (Å²) in [6.07, 6.45) is 5.42. The van der Waals surface area contributed by atoms with Gasteiger partial charge in [-0.05, 0) is 67.3 Å². The van der Waals surface area contributed by atoms with Crippen LogP contribution in [0, 0.1) is 17.2 Å². The highest BCUT2D eigenvalue weighted by Crippen LogP contribution is 2.37. The van der Waals surface area contributed by atoms with Crippen LogP contribution in [0.1, 0.15) is 59.8 Å². The van der Waals surface area contributed by atoms with E-state index in [1.54, 1.807) is 12.1 Å². The van der Waals surface area contributed by atoms with Crippen molar-refractivity contribution in [1.82, 2.24) is 15.2 Å². The molecule has 1 aliphatic rings. The minimum atomic E-state index is -0.728. The van der Waals surface area contributed by atoms with E-state index in [2.05, 4.69) is 25.8 Å². The highest BCUT2D eigenvalue weighted by Gasteiger charge is 2.24. The van der Waals surface area contributed by atoms with Crippen LogP contribution in [0.4, 0.5) is 17.5 Å². The van der Waals surface area contributed by atoms with Crippen molar-refractivity contribution in [2.75, 3.05) is 10.6 Å². The van der Waals surface area contributed by atoms with Crippen LogP contribution in [0.15, 0.2) is 47.0 Å². The van der Waals surface area contributed by atoms with E-state index in [0.717, 1.165) is 25.7 Å². The number of rotatable bonds is 7. The van der Waals surface area contributed by atoms with Gasteiger partial charge in [0, 0.05) is 18.3 Å². The number of nitrogens with zero attached hydrogens (tertiary/aromatic N) is 4. The fourth-order valence-electron chi connectivity index (χ4n) is 3.98. The van der Waals surface area contributed by atoms with Crippen molar-refractivity contribution in [3.05, 3.63) is 59.6 Å². The highest BCUT2D eigenvalue weighted by molar-refractivity contribution is 6.00. The molecule has 0 saturated heterocycles. The molecule has 0 bridgehead atoms. The number of pyridine rings is 1. The monoisotopic (exact) mass is 446 g/mol. The third kappa shape index (κ3) is 5.71. The molecule has 1 aromatic carbocycles. The van der Waals surface area contributed by atoms with Gasteiger partial charge in [0.25, 0.3) is 0 Å². The Morgan fingerprint density at radius 3 is 2.48 bits per heavy atom. The molecular weight excluding hydrogens is 424 g/mol. The van der Waals surface area contributed by atoms with Gasteiger partial charge in [0.2, 0.25) is 0 Å². The fraction of sp³-hybridized carbons (Fsp3) is 0.304. The summed E-state index contributed by atoms with van der Waals surface area (Å²) >= 11 is 0. The van der Waals surface area contributed by atoms with Gasteiger partial charge in [0.1, 0.15) is 11.9 Å². The van der Waals surface area contributed by atoms with Crippen molar-refractivity contribution < 1.29 is 19.1 Å². The van der Waals surface area contributed by atoms with E-state index in [1.165, 1.54) is 11.8 Å². The lowest BCUT2D eigenvalue weighted by atomic mass is 9.77. The van der Waals surface area contributed by atoms with Crippen LogP contribution in [0.25, 0.3) is 0 Å². The van der Waals surface area contributed by atoms with E-state index >= 15 is 0 Å². The number of carboxylic acid groups (broad SMARTS) is 1. The molecule has 1 saturated carbocycles. The van der Waals surface area contributed by atoms with Crippen LogP contribution in [-0.4, -0.2) is 32.2 Å². The molecular formula is C23H22N6O4. The van der Waals surface area contributed by atoms with Crippen LogP contribution in [0.3, 0.4) is 0 Å². The SMILES string of the molecule is N#Cc1ccc(Nc2nnc(C(=O)Nc3ccc([C@H]4CC[C@H](CC(=O)O)CC4)cc3)o2)nc1. The van der Waals surface area contributed by atoms with Gasteiger partial charge < -0.3 is 14.8 Å². The Balaban J connectivity index is 1.31. The largest absolute Gasteiger partial charge is 0.481 e. The average molecular weight is 446 g/mol. The molecule has 4 rings (SSSR count). The van der Waals surface area contributed by atoms with Gasteiger partial charge >= 0.3 is 23.8 Å². The Morgan fingerprint density at radius 1 is 1.09 bits per heavy atom. The second-order valence-corrected chi connectivity index (χ2v) is 7.97. The number of anilines is 3. The fourth-order valence-corrected chi connectivity index (χ4v) is 3.98. The number of aliphatic carboxylic acids is 1. The third-order valence-electron chi connectivity index (χ3n) is 5.70. The van der Waals surface area contributed by atoms with E-state index in [4.69, 9.17) is 14.8 Å². The van der Waals surface area contributed by atoms with Crippen molar-refractivity contribution in [3.8, 4) is 6.07 Å². The van der Waals surface area contributed by atoms with E-state index in [0.29, 0.717) is 23.0 Å². The topological polar surface area (TPSA) is 154 Å². The number of aromatic nitrogens is 3. The zero-order valence-electron chi connectivity index (χ0n) is 17.7. The molecule has 33 heavy (non-hydrogen) atoms. The van der Waals surface area contributed by atoms with E-state index < -0.39 is 11.9 Å². The second-order valence-electron chi connectivity index (χ2n) is 7.97. The smallest absolute Gasteiger partial charge is 0.321 e. The first-order chi connectivity index (χ1) is 16.0. The normalized spacial score (nSPS) is 17.7. The van der Waals surface area contributed by atoms with Gasteiger partial charge in [-0.15, -0.1) is 5.10 Å². The molecule has 3 N–H and O–H groups in total. The van der Waals surface area contributed by atoms with Crippen molar-refractivity contribution in [2.24, 2.45) is 5.92 Å². The molecule has 168 valence electrons.